The molecule has 0 aliphatic heterocycles. The Bertz CT molecular complexity index is 1730. The smallest absolute Gasteiger partial charge is 0.296 e. The second-order valence-corrected chi connectivity index (χ2v) is 9.90. The van der Waals surface area contributed by atoms with Crippen LogP contribution in [0.2, 0.25) is 0 Å². The summed E-state index contributed by atoms with van der Waals surface area (Å²) in [7, 11) is -9.35. The second-order valence-electron chi connectivity index (χ2n) is 7.12. The summed E-state index contributed by atoms with van der Waals surface area (Å²) in [5.41, 5.74) is -0.375. The van der Waals surface area contributed by atoms with Gasteiger partial charge in [0.25, 0.3) is 20.2 Å². The number of azo groups is 2. The van der Waals surface area contributed by atoms with Crippen molar-refractivity contribution in [2.45, 2.75) is 9.79 Å². The Morgan fingerprint density at radius 3 is 1.89 bits per heavy atom. The van der Waals surface area contributed by atoms with Gasteiger partial charge in [-0.2, -0.15) is 21.9 Å². The molecule has 0 saturated carbocycles. The van der Waals surface area contributed by atoms with Crippen molar-refractivity contribution in [3.05, 3.63) is 78.9 Å². The molecule has 0 fully saturated rings. The predicted octanol–water partition coefficient (Wildman–Crippen LogP) is 5.11. The summed E-state index contributed by atoms with van der Waals surface area (Å²) < 4.78 is 65.9. The van der Waals surface area contributed by atoms with Crippen molar-refractivity contribution < 1.29 is 31.0 Å². The fraction of sp³-hybridized carbons (Fsp3) is 0. The van der Waals surface area contributed by atoms with Gasteiger partial charge >= 0.3 is 0 Å². The maximum absolute atomic E-state index is 12.0. The van der Waals surface area contributed by atoms with E-state index in [1.54, 1.807) is 30.3 Å². The monoisotopic (exact) mass is 558 g/mol. The molecule has 180 valence electrons. The molecule has 4 aromatic carbocycles. The largest absolute Gasteiger partial charge is 0.506 e. The molecule has 0 unspecified atom stereocenters. The van der Waals surface area contributed by atoms with Gasteiger partial charge in [0, 0.05) is 64.5 Å². The first-order valence-corrected chi connectivity index (χ1v) is 12.6. The molecular weight excluding hydrogens is 542 g/mol. The SMILES string of the molecule is O=S(=O)(O)c1ccccc1N=Nc1ccc(N=Nc2c(O)ccc3ccccc23)c(S(=O)(=O)O)c1.[Na].[Na]. The van der Waals surface area contributed by atoms with Crippen LogP contribution in [-0.2, 0) is 20.2 Å². The number of fused-ring (bicyclic) bond motifs is 1. The van der Waals surface area contributed by atoms with Crippen molar-refractivity contribution in [2.24, 2.45) is 20.5 Å². The molecule has 0 heterocycles. The molecule has 4 rings (SSSR count). The average Bonchev–Trinajstić information content (AvgIpc) is 2.81. The molecule has 0 aromatic heterocycles. The Hall–Kier alpha value is -2.04. The fourth-order valence-corrected chi connectivity index (χ4v) is 4.44. The van der Waals surface area contributed by atoms with E-state index in [1.165, 1.54) is 36.4 Å². The zero-order valence-electron chi connectivity index (χ0n) is 19.6. The van der Waals surface area contributed by atoms with E-state index in [0.29, 0.717) is 5.39 Å². The van der Waals surface area contributed by atoms with Crippen LogP contribution in [0.25, 0.3) is 10.8 Å². The Balaban J connectivity index is 0.00000241. The van der Waals surface area contributed by atoms with Crippen LogP contribution in [0.5, 0.6) is 5.75 Å². The average molecular weight is 559 g/mol. The molecule has 15 heteroatoms. The molecule has 2 radical (unpaired) electrons. The summed E-state index contributed by atoms with van der Waals surface area (Å²) in [6, 6.07) is 18.9. The summed E-state index contributed by atoms with van der Waals surface area (Å²) in [6.45, 7) is 0. The standard InChI is InChI=1S/C22H16N4O7S2.2Na/c27-19-12-9-14-5-1-2-6-16(14)22(19)26-25-18-11-10-15(13-21(18)35(31,32)33)23-24-17-7-3-4-8-20(17)34(28,29)30;;/h1-13,27H,(H,28,29,30)(H,31,32,33);;. The normalized spacial score (nSPS) is 11.9. The minimum atomic E-state index is -4.78. The zero-order chi connectivity index (χ0) is 25.2. The van der Waals surface area contributed by atoms with Gasteiger partial charge in [-0.05, 0) is 41.8 Å². The molecule has 4 aromatic rings. The van der Waals surface area contributed by atoms with Crippen molar-refractivity contribution in [2.75, 3.05) is 0 Å². The number of phenolic OH excluding ortho intramolecular Hbond substituents is 1. The van der Waals surface area contributed by atoms with E-state index in [9.17, 15) is 31.0 Å². The first kappa shape index (κ1) is 31.2. The number of rotatable bonds is 6. The first-order valence-electron chi connectivity index (χ1n) is 9.76. The number of phenols is 1. The summed E-state index contributed by atoms with van der Waals surface area (Å²) in [6.07, 6.45) is 0. The Morgan fingerprint density at radius 1 is 0.595 bits per heavy atom. The third-order valence-electron chi connectivity index (χ3n) is 4.77. The number of hydrogen-bond donors (Lipinski definition) is 3. The van der Waals surface area contributed by atoms with E-state index in [0.717, 1.165) is 17.5 Å². The summed E-state index contributed by atoms with van der Waals surface area (Å²) in [5, 5.41) is 27.0. The topological polar surface area (TPSA) is 178 Å². The molecule has 0 atom stereocenters. The Labute approximate surface area is 256 Å². The summed E-state index contributed by atoms with van der Waals surface area (Å²) >= 11 is 0. The van der Waals surface area contributed by atoms with E-state index in [2.05, 4.69) is 20.5 Å². The van der Waals surface area contributed by atoms with Crippen LogP contribution in [0.4, 0.5) is 22.7 Å². The third-order valence-corrected chi connectivity index (χ3v) is 6.56. The predicted molar refractivity (Wildman–Crippen MR) is 138 cm³/mol. The molecule has 11 nitrogen and oxygen atoms in total. The van der Waals surface area contributed by atoms with Gasteiger partial charge in [0.2, 0.25) is 0 Å². The second kappa shape index (κ2) is 12.7. The van der Waals surface area contributed by atoms with E-state index < -0.39 is 30.0 Å². The maximum Gasteiger partial charge on any atom is 0.296 e. The molecular formula is C22H16N4Na2O7S2. The molecule has 0 spiro atoms. The third kappa shape index (κ3) is 7.51. The molecule has 0 aliphatic rings. The number of benzene rings is 4. The van der Waals surface area contributed by atoms with Gasteiger partial charge in [-0.3, -0.25) is 9.11 Å². The van der Waals surface area contributed by atoms with Crippen molar-refractivity contribution in [1.29, 1.82) is 0 Å². The molecule has 0 saturated heterocycles. The van der Waals surface area contributed by atoms with Gasteiger partial charge in [0.15, 0.2) is 0 Å². The molecule has 0 aliphatic carbocycles. The van der Waals surface area contributed by atoms with Crippen LogP contribution in [0, 0.1) is 0 Å². The van der Waals surface area contributed by atoms with Crippen LogP contribution in [0.3, 0.4) is 0 Å². The fourth-order valence-electron chi connectivity index (χ4n) is 3.18. The van der Waals surface area contributed by atoms with E-state index in [-0.39, 0.29) is 87.6 Å². The molecule has 0 amide bonds. The van der Waals surface area contributed by atoms with Gasteiger partial charge in [-0.25, -0.2) is 0 Å². The van der Waals surface area contributed by atoms with Gasteiger partial charge in [-0.15, -0.1) is 15.3 Å². The van der Waals surface area contributed by atoms with Crippen molar-refractivity contribution in [3.63, 3.8) is 0 Å². The van der Waals surface area contributed by atoms with Gasteiger partial charge in [-0.1, -0.05) is 42.5 Å². The number of nitrogens with zero attached hydrogens (tertiary/aromatic N) is 4. The van der Waals surface area contributed by atoms with Crippen molar-refractivity contribution in [1.82, 2.24) is 0 Å². The van der Waals surface area contributed by atoms with Crippen LogP contribution < -0.4 is 0 Å². The van der Waals surface area contributed by atoms with E-state index >= 15 is 0 Å². The minimum Gasteiger partial charge on any atom is -0.506 e. The van der Waals surface area contributed by atoms with E-state index in [4.69, 9.17) is 0 Å². The number of hydrogen-bond acceptors (Lipinski definition) is 9. The molecule has 3 N–H and O–H groups in total. The number of aromatic hydroxyl groups is 1. The van der Waals surface area contributed by atoms with Crippen LogP contribution in [0.1, 0.15) is 0 Å². The zero-order valence-corrected chi connectivity index (χ0v) is 25.2. The summed E-state index contributed by atoms with van der Waals surface area (Å²) in [5.74, 6) is -0.177. The van der Waals surface area contributed by atoms with E-state index in [1.807, 2.05) is 0 Å². The van der Waals surface area contributed by atoms with Crippen LogP contribution >= 0.6 is 0 Å². The van der Waals surface area contributed by atoms with Gasteiger partial charge in [0.05, 0.1) is 5.69 Å². The van der Waals surface area contributed by atoms with Gasteiger partial charge < -0.3 is 5.11 Å². The first-order chi connectivity index (χ1) is 16.5. The van der Waals surface area contributed by atoms with Crippen molar-refractivity contribution >= 4 is 113 Å². The van der Waals surface area contributed by atoms with Crippen molar-refractivity contribution in [3.8, 4) is 5.75 Å². The maximum atomic E-state index is 12.0. The quantitative estimate of drug-likeness (QED) is 0.167. The van der Waals surface area contributed by atoms with Gasteiger partial charge in [0.1, 0.15) is 32.6 Å². The minimum absolute atomic E-state index is 0. The summed E-state index contributed by atoms with van der Waals surface area (Å²) in [4.78, 5) is -1.13. The Morgan fingerprint density at radius 2 is 1.19 bits per heavy atom. The van der Waals surface area contributed by atoms with Crippen LogP contribution in [0.15, 0.2) is 109 Å². The van der Waals surface area contributed by atoms with Crippen LogP contribution in [-0.4, -0.2) is 90.2 Å². The molecule has 0 bridgehead atoms. The Kier molecular flexibility index (Phi) is 10.7. The molecule has 37 heavy (non-hydrogen) atoms.